The molecule has 28 heavy (non-hydrogen) atoms. The van der Waals surface area contributed by atoms with E-state index in [1.54, 1.807) is 18.4 Å². The van der Waals surface area contributed by atoms with E-state index >= 15 is 0 Å². The average molecular weight is 396 g/mol. The largest absolute Gasteiger partial charge is 0.497 e. The molecule has 0 saturated carbocycles. The Morgan fingerprint density at radius 1 is 1.18 bits per heavy atom. The van der Waals surface area contributed by atoms with Crippen molar-refractivity contribution in [2.75, 3.05) is 13.9 Å². The third kappa shape index (κ3) is 4.26. The van der Waals surface area contributed by atoms with Gasteiger partial charge in [-0.15, -0.1) is 11.3 Å². The summed E-state index contributed by atoms with van der Waals surface area (Å²) in [6, 6.07) is 13.5. The van der Waals surface area contributed by atoms with E-state index in [-0.39, 0.29) is 12.7 Å². The maximum absolute atomic E-state index is 12.2. The molecule has 4 rings (SSSR count). The van der Waals surface area contributed by atoms with Crippen LogP contribution in [0.3, 0.4) is 0 Å². The molecule has 0 radical (unpaired) electrons. The lowest BCUT2D eigenvalue weighted by Crippen LogP contribution is -2.22. The number of aromatic nitrogens is 1. The number of methoxy groups -OCH3 is 1. The Labute approximate surface area is 167 Å². The number of hydrogen-bond donors (Lipinski definition) is 1. The third-order valence-corrected chi connectivity index (χ3v) is 5.34. The lowest BCUT2D eigenvalue weighted by Gasteiger charge is -2.06. The fraction of sp³-hybridized carbons (Fsp3) is 0.238. The molecule has 3 aromatic rings. The highest BCUT2D eigenvalue weighted by Gasteiger charge is 2.13. The van der Waals surface area contributed by atoms with Gasteiger partial charge in [0.1, 0.15) is 5.75 Å². The number of aryl methyl sites for hydroxylation is 1. The summed E-state index contributed by atoms with van der Waals surface area (Å²) < 4.78 is 15.8. The van der Waals surface area contributed by atoms with E-state index in [9.17, 15) is 4.79 Å². The van der Waals surface area contributed by atoms with Gasteiger partial charge in [-0.05, 0) is 42.0 Å². The topological polar surface area (TPSA) is 69.7 Å². The first kappa shape index (κ1) is 18.3. The van der Waals surface area contributed by atoms with Crippen molar-refractivity contribution in [3.05, 3.63) is 58.4 Å². The van der Waals surface area contributed by atoms with Gasteiger partial charge in [-0.25, -0.2) is 4.98 Å². The first-order chi connectivity index (χ1) is 13.7. The highest BCUT2D eigenvalue weighted by molar-refractivity contribution is 7.09. The molecule has 144 valence electrons. The monoisotopic (exact) mass is 396 g/mol. The van der Waals surface area contributed by atoms with Gasteiger partial charge in [0.15, 0.2) is 11.5 Å². The van der Waals surface area contributed by atoms with Gasteiger partial charge in [0, 0.05) is 30.3 Å². The predicted octanol–water partition coefficient (Wildman–Crippen LogP) is 3.80. The number of carbonyl (C=O) groups is 1. The zero-order chi connectivity index (χ0) is 19.3. The Balaban J connectivity index is 1.27. The summed E-state index contributed by atoms with van der Waals surface area (Å²) in [5.41, 5.74) is 2.94. The van der Waals surface area contributed by atoms with Crippen molar-refractivity contribution in [2.45, 2.75) is 19.4 Å². The number of amides is 1. The third-order valence-electron chi connectivity index (χ3n) is 4.43. The zero-order valence-corrected chi connectivity index (χ0v) is 16.3. The van der Waals surface area contributed by atoms with Crippen molar-refractivity contribution in [2.24, 2.45) is 0 Å². The molecule has 0 atom stereocenters. The van der Waals surface area contributed by atoms with Crippen LogP contribution in [0.15, 0.2) is 47.8 Å². The van der Waals surface area contributed by atoms with Gasteiger partial charge >= 0.3 is 0 Å². The second kappa shape index (κ2) is 8.31. The van der Waals surface area contributed by atoms with Crippen molar-refractivity contribution >= 4 is 17.2 Å². The minimum absolute atomic E-state index is 0.00105. The molecule has 0 spiro atoms. The van der Waals surface area contributed by atoms with Crippen molar-refractivity contribution < 1.29 is 19.0 Å². The molecule has 1 amide bonds. The van der Waals surface area contributed by atoms with Gasteiger partial charge in [-0.3, -0.25) is 4.79 Å². The minimum atomic E-state index is -0.00105. The van der Waals surface area contributed by atoms with Crippen molar-refractivity contribution in [3.8, 4) is 28.5 Å². The van der Waals surface area contributed by atoms with Gasteiger partial charge in [0.05, 0.1) is 17.8 Å². The number of carbonyl (C=O) groups excluding carboxylic acids is 1. The van der Waals surface area contributed by atoms with E-state index in [0.717, 1.165) is 39.1 Å². The summed E-state index contributed by atoms with van der Waals surface area (Å²) in [6.45, 7) is 0.710. The van der Waals surface area contributed by atoms with Gasteiger partial charge in [0.25, 0.3) is 0 Å². The summed E-state index contributed by atoms with van der Waals surface area (Å²) in [4.78, 5) is 16.8. The van der Waals surface area contributed by atoms with Crippen LogP contribution in [0, 0.1) is 0 Å². The van der Waals surface area contributed by atoms with Crippen molar-refractivity contribution in [1.29, 1.82) is 0 Å². The van der Waals surface area contributed by atoms with Crippen LogP contribution in [-0.4, -0.2) is 24.8 Å². The molecule has 0 saturated heterocycles. The molecule has 7 heteroatoms. The van der Waals surface area contributed by atoms with Crippen molar-refractivity contribution in [3.63, 3.8) is 0 Å². The molecule has 1 N–H and O–H groups in total. The van der Waals surface area contributed by atoms with E-state index < -0.39 is 0 Å². The Bertz CT molecular complexity index is 969. The fourth-order valence-corrected chi connectivity index (χ4v) is 3.69. The van der Waals surface area contributed by atoms with Crippen LogP contribution in [0.4, 0.5) is 0 Å². The van der Waals surface area contributed by atoms with E-state index in [2.05, 4.69) is 10.3 Å². The van der Waals surface area contributed by atoms with Crippen LogP contribution >= 0.6 is 11.3 Å². The Morgan fingerprint density at radius 3 is 2.82 bits per heavy atom. The first-order valence-electron chi connectivity index (χ1n) is 8.95. The quantitative estimate of drug-likeness (QED) is 0.658. The Morgan fingerprint density at radius 2 is 2.00 bits per heavy atom. The molecule has 0 unspecified atom stereocenters. The van der Waals surface area contributed by atoms with Crippen molar-refractivity contribution in [1.82, 2.24) is 10.3 Å². The lowest BCUT2D eigenvalue weighted by molar-refractivity contribution is -0.121. The van der Waals surface area contributed by atoms with Crippen LogP contribution in [-0.2, 0) is 17.8 Å². The number of nitrogens with one attached hydrogen (secondary N) is 1. The number of thiazole rings is 1. The molecule has 1 aliphatic rings. The highest BCUT2D eigenvalue weighted by Crippen LogP contribution is 2.32. The SMILES string of the molecule is COc1ccc(-c2csc(CCC(=O)NCc3ccc4c(c3)OCO4)n2)cc1. The molecular formula is C21H20N2O4S. The van der Waals surface area contributed by atoms with Crippen LogP contribution in [0.1, 0.15) is 17.0 Å². The number of fused-ring (bicyclic) bond motifs is 1. The molecule has 1 aliphatic heterocycles. The smallest absolute Gasteiger partial charge is 0.231 e. The predicted molar refractivity (Wildman–Crippen MR) is 107 cm³/mol. The average Bonchev–Trinajstić information content (AvgIpc) is 3.39. The molecule has 0 aliphatic carbocycles. The number of hydrogen-bond acceptors (Lipinski definition) is 6. The second-order valence-electron chi connectivity index (χ2n) is 6.32. The maximum Gasteiger partial charge on any atom is 0.231 e. The molecule has 2 heterocycles. The fourth-order valence-electron chi connectivity index (χ4n) is 2.88. The van der Waals surface area contributed by atoms with Gasteiger partial charge in [0.2, 0.25) is 12.7 Å². The summed E-state index contributed by atoms with van der Waals surface area (Å²) in [7, 11) is 1.65. The van der Waals surface area contributed by atoms with E-state index in [1.807, 2.05) is 47.8 Å². The summed E-state index contributed by atoms with van der Waals surface area (Å²) in [5.74, 6) is 2.28. The Hall–Kier alpha value is -3.06. The summed E-state index contributed by atoms with van der Waals surface area (Å²) >= 11 is 1.57. The van der Waals surface area contributed by atoms with Crippen LogP contribution in [0.5, 0.6) is 17.2 Å². The number of ether oxygens (including phenoxy) is 3. The van der Waals surface area contributed by atoms with E-state index in [1.165, 1.54) is 0 Å². The number of benzene rings is 2. The standard InChI is InChI=1S/C21H20N2O4S/c1-25-16-5-3-15(4-6-16)17-12-28-21(23-17)9-8-20(24)22-11-14-2-7-18-19(10-14)27-13-26-18/h2-7,10,12H,8-9,11,13H2,1H3,(H,22,24). The first-order valence-corrected chi connectivity index (χ1v) is 9.83. The molecule has 0 bridgehead atoms. The molecule has 6 nitrogen and oxygen atoms in total. The van der Waals surface area contributed by atoms with Crippen LogP contribution in [0.2, 0.25) is 0 Å². The second-order valence-corrected chi connectivity index (χ2v) is 7.26. The van der Waals surface area contributed by atoms with Gasteiger partial charge in [-0.2, -0.15) is 0 Å². The lowest BCUT2D eigenvalue weighted by atomic mass is 10.2. The summed E-state index contributed by atoms with van der Waals surface area (Å²) in [5, 5.41) is 5.90. The zero-order valence-electron chi connectivity index (χ0n) is 15.4. The normalized spacial score (nSPS) is 12.0. The van der Waals surface area contributed by atoms with E-state index in [4.69, 9.17) is 14.2 Å². The Kier molecular flexibility index (Phi) is 5.43. The summed E-state index contributed by atoms with van der Waals surface area (Å²) in [6.07, 6.45) is 1.02. The molecule has 0 fully saturated rings. The molecule has 1 aromatic heterocycles. The maximum atomic E-state index is 12.2. The van der Waals surface area contributed by atoms with Crippen LogP contribution < -0.4 is 19.5 Å². The number of nitrogens with zero attached hydrogens (tertiary/aromatic N) is 1. The number of rotatable bonds is 7. The minimum Gasteiger partial charge on any atom is -0.497 e. The molecule has 2 aromatic carbocycles. The van der Waals surface area contributed by atoms with Gasteiger partial charge < -0.3 is 19.5 Å². The molecular weight excluding hydrogens is 376 g/mol. The van der Waals surface area contributed by atoms with Gasteiger partial charge in [-0.1, -0.05) is 6.07 Å². The van der Waals surface area contributed by atoms with Crippen LogP contribution in [0.25, 0.3) is 11.3 Å². The highest BCUT2D eigenvalue weighted by atomic mass is 32.1. The van der Waals surface area contributed by atoms with E-state index in [0.29, 0.717) is 19.4 Å².